The van der Waals surface area contributed by atoms with Gasteiger partial charge in [-0.1, -0.05) is 6.92 Å². The van der Waals surface area contributed by atoms with E-state index in [4.69, 9.17) is 30.3 Å². The quantitative estimate of drug-likeness (QED) is 0.516. The van der Waals surface area contributed by atoms with E-state index in [9.17, 15) is 4.79 Å². The van der Waals surface area contributed by atoms with Crippen molar-refractivity contribution in [3.8, 4) is 0 Å². The molecule has 170 valence electrons. The van der Waals surface area contributed by atoms with Crippen LogP contribution < -0.4 is 11.1 Å². The normalized spacial score (nSPS) is 19.9. The molecule has 2 rings (SSSR count). The van der Waals surface area contributed by atoms with Crippen LogP contribution in [0.3, 0.4) is 0 Å². The van der Waals surface area contributed by atoms with Gasteiger partial charge >= 0.3 is 0 Å². The first kappa shape index (κ1) is 27.5. The van der Waals surface area contributed by atoms with Crippen LogP contribution in [0, 0.1) is 5.92 Å². The van der Waals surface area contributed by atoms with E-state index in [1.54, 1.807) is 12.4 Å². The number of hydrogen-bond acceptors (Lipinski definition) is 6. The van der Waals surface area contributed by atoms with Crippen molar-refractivity contribution in [1.29, 1.82) is 0 Å². The highest BCUT2D eigenvalue weighted by atomic mass is 16.5. The zero-order valence-electron chi connectivity index (χ0n) is 18.0. The average molecular weight is 426 g/mol. The Kier molecular flexibility index (Phi) is 14.9. The van der Waals surface area contributed by atoms with Crippen LogP contribution in [0.15, 0.2) is 24.5 Å². The van der Waals surface area contributed by atoms with Gasteiger partial charge in [0.15, 0.2) is 0 Å². The fourth-order valence-electron chi connectivity index (χ4n) is 2.92. The largest absolute Gasteiger partial charge is 0.481 e. The van der Waals surface area contributed by atoms with Gasteiger partial charge in [0.25, 0.3) is 11.9 Å². The Balaban J connectivity index is 0.000000901. The van der Waals surface area contributed by atoms with E-state index < -0.39 is 11.9 Å². The minimum atomic E-state index is -0.833. The smallest absolute Gasteiger partial charge is 0.300 e. The van der Waals surface area contributed by atoms with Gasteiger partial charge in [-0.05, 0) is 49.8 Å². The van der Waals surface area contributed by atoms with E-state index in [0.29, 0.717) is 6.54 Å². The third-order valence-corrected chi connectivity index (χ3v) is 4.20. The summed E-state index contributed by atoms with van der Waals surface area (Å²) in [5, 5.41) is 17.9. The van der Waals surface area contributed by atoms with E-state index in [1.165, 1.54) is 5.56 Å². The summed E-state index contributed by atoms with van der Waals surface area (Å²) >= 11 is 0. The summed E-state index contributed by atoms with van der Waals surface area (Å²) in [4.78, 5) is 34.2. The Morgan fingerprint density at radius 3 is 2.23 bits per heavy atom. The average Bonchev–Trinajstić information content (AvgIpc) is 2.67. The van der Waals surface area contributed by atoms with E-state index in [2.05, 4.69) is 17.2 Å². The fourth-order valence-corrected chi connectivity index (χ4v) is 2.92. The van der Waals surface area contributed by atoms with Gasteiger partial charge in [0.2, 0.25) is 5.91 Å². The summed E-state index contributed by atoms with van der Waals surface area (Å²) in [6, 6.07) is 3.91. The third-order valence-electron chi connectivity index (χ3n) is 4.20. The molecule has 30 heavy (non-hydrogen) atoms. The summed E-state index contributed by atoms with van der Waals surface area (Å²) in [7, 11) is 0. The standard InChI is InChI=1S/C17H27N3O2.2C2H4O2/c1-2-11-22-16-4-3-14(12-15(16)18)17(21)20-10-7-13-5-8-19-9-6-13;2*1-2(3)4/h5-6,8-9,14-16H,2-4,7,10-12,18H2,1H3,(H,20,21);2*1H3,(H,3,4)/t14-,15+,16+;;/m0../s1. The van der Waals surface area contributed by atoms with Crippen LogP contribution in [0.25, 0.3) is 0 Å². The molecule has 0 radical (unpaired) electrons. The number of aliphatic carboxylic acids is 2. The van der Waals surface area contributed by atoms with Gasteiger partial charge in [0.05, 0.1) is 6.10 Å². The maximum Gasteiger partial charge on any atom is 0.300 e. The van der Waals surface area contributed by atoms with E-state index in [0.717, 1.165) is 52.6 Å². The highest BCUT2D eigenvalue weighted by molar-refractivity contribution is 5.78. The molecular weight excluding hydrogens is 390 g/mol. The van der Waals surface area contributed by atoms with Crippen molar-refractivity contribution in [3.63, 3.8) is 0 Å². The number of hydrogen-bond donors (Lipinski definition) is 4. The molecule has 0 aliphatic heterocycles. The maximum atomic E-state index is 12.2. The van der Waals surface area contributed by atoms with Gasteiger partial charge in [-0.25, -0.2) is 0 Å². The number of ether oxygens (including phenoxy) is 1. The van der Waals surface area contributed by atoms with Crippen LogP contribution >= 0.6 is 0 Å². The minimum Gasteiger partial charge on any atom is -0.481 e. The molecule has 1 heterocycles. The molecule has 0 saturated heterocycles. The molecule has 5 N–H and O–H groups in total. The molecule has 1 aliphatic rings. The van der Waals surface area contributed by atoms with Crippen LogP contribution in [-0.4, -0.2) is 58.3 Å². The molecule has 1 saturated carbocycles. The highest BCUT2D eigenvalue weighted by Gasteiger charge is 2.32. The summed E-state index contributed by atoms with van der Waals surface area (Å²) in [5.74, 6) is -1.52. The first-order chi connectivity index (χ1) is 14.2. The zero-order valence-corrected chi connectivity index (χ0v) is 18.0. The van der Waals surface area contributed by atoms with Gasteiger partial charge in [-0.15, -0.1) is 0 Å². The lowest BCUT2D eigenvalue weighted by molar-refractivity contribution is -0.135. The van der Waals surface area contributed by atoms with Crippen LogP contribution in [0.1, 0.15) is 52.0 Å². The molecule has 9 heteroatoms. The molecule has 3 atom stereocenters. The van der Waals surface area contributed by atoms with Crippen molar-refractivity contribution >= 4 is 17.8 Å². The first-order valence-corrected chi connectivity index (χ1v) is 10.1. The lowest BCUT2D eigenvalue weighted by Crippen LogP contribution is -2.46. The van der Waals surface area contributed by atoms with Crippen molar-refractivity contribution in [2.45, 2.75) is 65.0 Å². The summed E-state index contributed by atoms with van der Waals surface area (Å²) < 4.78 is 5.75. The maximum absolute atomic E-state index is 12.2. The predicted octanol–water partition coefficient (Wildman–Crippen LogP) is 1.84. The van der Waals surface area contributed by atoms with Crippen LogP contribution in [-0.2, 0) is 25.5 Å². The molecule has 1 fully saturated rings. The summed E-state index contributed by atoms with van der Waals surface area (Å²) in [6.07, 6.45) is 7.95. The van der Waals surface area contributed by atoms with Gasteiger partial charge in [-0.2, -0.15) is 0 Å². The van der Waals surface area contributed by atoms with Crippen LogP contribution in [0.4, 0.5) is 0 Å². The van der Waals surface area contributed by atoms with E-state index in [1.807, 2.05) is 12.1 Å². The molecule has 1 aromatic rings. The molecule has 1 amide bonds. The number of nitrogens with one attached hydrogen (secondary N) is 1. The number of carboxylic acids is 2. The topological polar surface area (TPSA) is 152 Å². The Morgan fingerprint density at radius 2 is 1.73 bits per heavy atom. The second kappa shape index (κ2) is 16.3. The second-order valence-electron chi connectivity index (χ2n) is 7.02. The number of rotatable bonds is 7. The molecule has 0 unspecified atom stereocenters. The molecule has 1 aromatic heterocycles. The predicted molar refractivity (Wildman–Crippen MR) is 113 cm³/mol. The molecule has 1 aliphatic carbocycles. The highest BCUT2D eigenvalue weighted by Crippen LogP contribution is 2.25. The number of carbonyl (C=O) groups excluding carboxylic acids is 1. The number of nitrogens with zero attached hydrogens (tertiary/aromatic N) is 1. The van der Waals surface area contributed by atoms with Gasteiger partial charge < -0.3 is 26.0 Å². The van der Waals surface area contributed by atoms with Crippen LogP contribution in [0.2, 0.25) is 0 Å². The van der Waals surface area contributed by atoms with Gasteiger partial charge in [-0.3, -0.25) is 19.4 Å². The summed E-state index contributed by atoms with van der Waals surface area (Å²) in [6.45, 7) is 5.67. The molecular formula is C21H35N3O6. The van der Waals surface area contributed by atoms with Gasteiger partial charge in [0, 0.05) is 51.4 Å². The molecule has 9 nitrogen and oxygen atoms in total. The second-order valence-corrected chi connectivity index (χ2v) is 7.02. The third kappa shape index (κ3) is 14.5. The number of pyridine rings is 1. The fraction of sp³-hybridized carbons (Fsp3) is 0.619. The van der Waals surface area contributed by atoms with Crippen molar-refractivity contribution in [2.75, 3.05) is 13.2 Å². The Hall–Kier alpha value is -2.52. The molecule has 0 aromatic carbocycles. The lowest BCUT2D eigenvalue weighted by Gasteiger charge is -2.33. The van der Waals surface area contributed by atoms with Crippen LogP contribution in [0.5, 0.6) is 0 Å². The number of carboxylic acid groups (broad SMARTS) is 2. The Labute approximate surface area is 178 Å². The zero-order chi connectivity index (χ0) is 22.9. The van der Waals surface area contributed by atoms with Crippen molar-refractivity contribution in [3.05, 3.63) is 30.1 Å². The van der Waals surface area contributed by atoms with Gasteiger partial charge in [0.1, 0.15) is 0 Å². The monoisotopic (exact) mass is 425 g/mol. The van der Waals surface area contributed by atoms with Crippen molar-refractivity contribution in [1.82, 2.24) is 10.3 Å². The van der Waals surface area contributed by atoms with E-state index >= 15 is 0 Å². The number of nitrogens with two attached hydrogens (primary N) is 1. The number of aromatic nitrogens is 1. The summed E-state index contributed by atoms with van der Waals surface area (Å²) in [5.41, 5.74) is 7.34. The van der Waals surface area contributed by atoms with Crippen molar-refractivity contribution < 1.29 is 29.3 Å². The lowest BCUT2D eigenvalue weighted by atomic mass is 9.83. The molecule has 0 spiro atoms. The SMILES string of the molecule is CC(=O)O.CC(=O)O.CCCO[C@@H]1CC[C@H](C(=O)NCCc2ccncc2)C[C@H]1N. The molecule has 0 bridgehead atoms. The number of carbonyl (C=O) groups is 3. The van der Waals surface area contributed by atoms with E-state index in [-0.39, 0.29) is 24.0 Å². The first-order valence-electron chi connectivity index (χ1n) is 10.1. The number of amides is 1. The Bertz CT molecular complexity index is 606. The van der Waals surface area contributed by atoms with Crippen molar-refractivity contribution in [2.24, 2.45) is 11.7 Å². The minimum absolute atomic E-state index is 0.0221. The Morgan fingerprint density at radius 1 is 1.17 bits per heavy atom.